The average Bonchev–Trinajstić information content (AvgIpc) is 3.42. The molecular weight excluding hydrogens is 486 g/mol. The molecule has 0 fully saturated rings. The van der Waals surface area contributed by atoms with Gasteiger partial charge < -0.3 is 14.7 Å². The van der Waals surface area contributed by atoms with Crippen LogP contribution in [0.1, 0.15) is 59.4 Å². The van der Waals surface area contributed by atoms with E-state index in [1.54, 1.807) is 6.92 Å². The Kier molecular flexibility index (Phi) is 12.1. The van der Waals surface area contributed by atoms with E-state index in [9.17, 15) is 19.5 Å². The maximum absolute atomic E-state index is 12.9. The van der Waals surface area contributed by atoms with E-state index >= 15 is 0 Å². The molecule has 0 spiro atoms. The molecule has 2 N–H and O–H groups in total. The molecule has 3 rings (SSSR count). The number of carbonyl (C=O) groups excluding carboxylic acids is 2. The van der Waals surface area contributed by atoms with Crippen LogP contribution in [0.2, 0.25) is 0 Å². The summed E-state index contributed by atoms with van der Waals surface area (Å²) in [7, 11) is 0. The molecule has 0 radical (unpaired) electrons. The molecular formula is C28H37N5O5. The van der Waals surface area contributed by atoms with Gasteiger partial charge in [-0.15, -0.1) is 10.2 Å². The molecule has 204 valence electrons. The van der Waals surface area contributed by atoms with Gasteiger partial charge in [0.25, 0.3) is 0 Å². The molecule has 3 aromatic rings. The standard InChI is InChI=1S/C24H29N5O3.C4H8O2/c1-4-5-10-21(30)29(22(16(2)3)24(31)32)15-17-11-13-18(14-12-17)19-8-6-7-9-20(19)23-25-27-28-26-23;1-3-6-4(2)5/h6-9,11-14,16,22H,4-5,10,15H2,1-3H3,(H,31,32)(H,25,26,27,28);3H2,1-2H3. The third-order valence-corrected chi connectivity index (χ3v) is 5.76. The van der Waals surface area contributed by atoms with Crippen molar-refractivity contribution in [2.45, 2.75) is 66.5 Å². The van der Waals surface area contributed by atoms with Crippen molar-refractivity contribution in [3.05, 3.63) is 54.1 Å². The first kappa shape index (κ1) is 30.1. The van der Waals surface area contributed by atoms with E-state index in [4.69, 9.17) is 0 Å². The first-order valence-electron chi connectivity index (χ1n) is 12.8. The number of hydrogen-bond donors (Lipinski definition) is 2. The zero-order valence-electron chi connectivity index (χ0n) is 22.7. The molecule has 0 saturated heterocycles. The molecule has 1 amide bonds. The molecule has 1 aromatic heterocycles. The molecule has 0 aliphatic carbocycles. The van der Waals surface area contributed by atoms with E-state index in [1.807, 2.05) is 69.3 Å². The monoisotopic (exact) mass is 523 g/mol. The van der Waals surface area contributed by atoms with Gasteiger partial charge in [0, 0.05) is 25.5 Å². The van der Waals surface area contributed by atoms with Gasteiger partial charge in [-0.1, -0.05) is 75.7 Å². The summed E-state index contributed by atoms with van der Waals surface area (Å²) >= 11 is 0. The summed E-state index contributed by atoms with van der Waals surface area (Å²) < 4.78 is 4.40. The van der Waals surface area contributed by atoms with Crippen LogP contribution >= 0.6 is 0 Å². The lowest BCUT2D eigenvalue weighted by Crippen LogP contribution is -2.47. The number of carbonyl (C=O) groups is 3. The normalized spacial score (nSPS) is 11.3. The number of H-pyrrole nitrogens is 1. The second kappa shape index (κ2) is 15.2. The van der Waals surface area contributed by atoms with Gasteiger partial charge in [-0.2, -0.15) is 5.21 Å². The molecule has 10 nitrogen and oxygen atoms in total. The van der Waals surface area contributed by atoms with Gasteiger partial charge in [-0.05, 0) is 41.2 Å². The van der Waals surface area contributed by atoms with Crippen molar-refractivity contribution in [1.82, 2.24) is 25.5 Å². The highest BCUT2D eigenvalue weighted by molar-refractivity contribution is 5.84. The van der Waals surface area contributed by atoms with Crippen molar-refractivity contribution < 1.29 is 24.2 Å². The predicted molar refractivity (Wildman–Crippen MR) is 144 cm³/mol. The van der Waals surface area contributed by atoms with Gasteiger partial charge in [-0.25, -0.2) is 4.79 Å². The van der Waals surface area contributed by atoms with E-state index in [0.717, 1.165) is 35.1 Å². The molecule has 0 aliphatic heterocycles. The Hall–Kier alpha value is -4.08. The number of aliphatic carboxylic acids is 1. The van der Waals surface area contributed by atoms with Crippen LogP contribution in [0.25, 0.3) is 22.5 Å². The fourth-order valence-electron chi connectivity index (χ4n) is 3.99. The molecule has 10 heteroatoms. The Balaban J connectivity index is 0.000000757. The molecule has 1 heterocycles. The highest BCUT2D eigenvalue weighted by atomic mass is 16.5. The zero-order chi connectivity index (χ0) is 28.1. The van der Waals surface area contributed by atoms with Crippen molar-refractivity contribution in [2.24, 2.45) is 5.92 Å². The molecule has 0 saturated carbocycles. The maximum atomic E-state index is 12.9. The Bertz CT molecular complexity index is 1160. The smallest absolute Gasteiger partial charge is 0.326 e. The number of hydrogen-bond acceptors (Lipinski definition) is 7. The number of unbranched alkanes of at least 4 members (excludes halogenated alkanes) is 1. The fourth-order valence-corrected chi connectivity index (χ4v) is 3.99. The second-order valence-electron chi connectivity index (χ2n) is 9.05. The lowest BCUT2D eigenvalue weighted by Gasteiger charge is -2.32. The van der Waals surface area contributed by atoms with Gasteiger partial charge >= 0.3 is 11.9 Å². The first-order chi connectivity index (χ1) is 18.2. The Morgan fingerprint density at radius 1 is 1.03 bits per heavy atom. The Morgan fingerprint density at radius 3 is 2.16 bits per heavy atom. The summed E-state index contributed by atoms with van der Waals surface area (Å²) in [6.45, 7) is 9.58. The SMILES string of the molecule is CCCCC(=O)N(Cc1ccc(-c2ccccc2-c2nn[nH]n2)cc1)C(C(=O)O)C(C)C.CCOC(C)=O. The van der Waals surface area contributed by atoms with Gasteiger partial charge in [-0.3, -0.25) is 9.59 Å². The van der Waals surface area contributed by atoms with Crippen LogP contribution in [0.3, 0.4) is 0 Å². The van der Waals surface area contributed by atoms with Gasteiger partial charge in [0.1, 0.15) is 6.04 Å². The van der Waals surface area contributed by atoms with Crippen molar-refractivity contribution in [3.8, 4) is 22.5 Å². The third kappa shape index (κ3) is 8.79. The molecule has 1 atom stereocenters. The zero-order valence-corrected chi connectivity index (χ0v) is 22.7. The van der Waals surface area contributed by atoms with E-state index in [2.05, 4.69) is 25.4 Å². The average molecular weight is 524 g/mol. The van der Waals surface area contributed by atoms with Crippen LogP contribution in [-0.2, 0) is 25.7 Å². The van der Waals surface area contributed by atoms with Crippen molar-refractivity contribution in [3.63, 3.8) is 0 Å². The summed E-state index contributed by atoms with van der Waals surface area (Å²) in [4.78, 5) is 36.1. The quantitative estimate of drug-likeness (QED) is 0.344. The van der Waals surface area contributed by atoms with E-state index in [0.29, 0.717) is 18.9 Å². The number of rotatable bonds is 11. The minimum Gasteiger partial charge on any atom is -0.480 e. The van der Waals surface area contributed by atoms with Crippen LogP contribution in [0, 0.1) is 5.92 Å². The highest BCUT2D eigenvalue weighted by Crippen LogP contribution is 2.30. The summed E-state index contributed by atoms with van der Waals surface area (Å²) in [5.74, 6) is -0.995. The van der Waals surface area contributed by atoms with E-state index in [1.165, 1.54) is 11.8 Å². The molecule has 0 aliphatic rings. The van der Waals surface area contributed by atoms with Crippen molar-refractivity contribution >= 4 is 17.8 Å². The number of carboxylic acids is 1. The van der Waals surface area contributed by atoms with Gasteiger partial charge in [0.15, 0.2) is 0 Å². The third-order valence-electron chi connectivity index (χ3n) is 5.76. The van der Waals surface area contributed by atoms with Gasteiger partial charge in [0.05, 0.1) is 6.61 Å². The van der Waals surface area contributed by atoms with E-state index in [-0.39, 0.29) is 24.3 Å². The van der Waals surface area contributed by atoms with Crippen LogP contribution < -0.4 is 0 Å². The number of aromatic amines is 1. The Morgan fingerprint density at radius 2 is 1.68 bits per heavy atom. The topological polar surface area (TPSA) is 138 Å². The van der Waals surface area contributed by atoms with Crippen LogP contribution in [0.15, 0.2) is 48.5 Å². The lowest BCUT2D eigenvalue weighted by molar-refractivity contribution is -0.153. The molecule has 1 unspecified atom stereocenters. The number of aromatic nitrogens is 4. The van der Waals surface area contributed by atoms with Crippen molar-refractivity contribution in [2.75, 3.05) is 6.61 Å². The Labute approximate surface area is 223 Å². The number of amides is 1. The summed E-state index contributed by atoms with van der Waals surface area (Å²) in [5, 5.41) is 24.0. The highest BCUT2D eigenvalue weighted by Gasteiger charge is 2.32. The number of benzene rings is 2. The van der Waals surface area contributed by atoms with Crippen LogP contribution in [-0.4, -0.2) is 61.1 Å². The van der Waals surface area contributed by atoms with Gasteiger partial charge in [0.2, 0.25) is 11.7 Å². The lowest BCUT2D eigenvalue weighted by atomic mass is 9.97. The number of esters is 1. The predicted octanol–water partition coefficient (Wildman–Crippen LogP) is 4.73. The first-order valence-corrected chi connectivity index (χ1v) is 12.8. The minimum atomic E-state index is -0.976. The summed E-state index contributed by atoms with van der Waals surface area (Å²) in [6, 6.07) is 14.7. The number of nitrogens with zero attached hydrogens (tertiary/aromatic N) is 4. The number of ether oxygens (including phenoxy) is 1. The number of carboxylic acid groups (broad SMARTS) is 1. The summed E-state index contributed by atoms with van der Waals surface area (Å²) in [5.41, 5.74) is 3.66. The van der Waals surface area contributed by atoms with Crippen LogP contribution in [0.5, 0.6) is 0 Å². The largest absolute Gasteiger partial charge is 0.480 e. The van der Waals surface area contributed by atoms with E-state index < -0.39 is 12.0 Å². The fraction of sp³-hybridized carbons (Fsp3) is 0.429. The summed E-state index contributed by atoms with van der Waals surface area (Å²) in [6.07, 6.45) is 1.97. The molecule has 38 heavy (non-hydrogen) atoms. The second-order valence-corrected chi connectivity index (χ2v) is 9.05. The maximum Gasteiger partial charge on any atom is 0.326 e. The van der Waals surface area contributed by atoms with Crippen LogP contribution in [0.4, 0.5) is 0 Å². The number of nitrogens with one attached hydrogen (secondary N) is 1. The minimum absolute atomic E-state index is 0.125. The molecule has 0 bridgehead atoms. The number of tetrazole rings is 1. The molecule has 2 aromatic carbocycles. The van der Waals surface area contributed by atoms with Crippen molar-refractivity contribution in [1.29, 1.82) is 0 Å².